The minimum atomic E-state index is -0.590. The van der Waals surface area contributed by atoms with Crippen LogP contribution in [-0.4, -0.2) is 55.9 Å². The van der Waals surface area contributed by atoms with Crippen molar-refractivity contribution in [2.24, 2.45) is 0 Å². The summed E-state index contributed by atoms with van der Waals surface area (Å²) in [6, 6.07) is 14.0. The molecule has 0 aliphatic carbocycles. The van der Waals surface area contributed by atoms with Crippen LogP contribution in [0.2, 0.25) is 0 Å². The van der Waals surface area contributed by atoms with Crippen LogP contribution in [0.15, 0.2) is 78.9 Å². The summed E-state index contributed by atoms with van der Waals surface area (Å²) < 4.78 is 21.1. The van der Waals surface area contributed by atoms with Crippen molar-refractivity contribution in [3.63, 3.8) is 0 Å². The highest BCUT2D eigenvalue weighted by atomic mass is 16.6. The van der Waals surface area contributed by atoms with Crippen LogP contribution >= 0.6 is 0 Å². The molecule has 0 radical (unpaired) electrons. The van der Waals surface area contributed by atoms with Gasteiger partial charge < -0.3 is 24.1 Å². The van der Waals surface area contributed by atoms with Gasteiger partial charge in [0.15, 0.2) is 5.78 Å². The monoisotopic (exact) mass is 508 g/mol. The Morgan fingerprint density at radius 2 is 1.35 bits per heavy atom. The van der Waals surface area contributed by atoms with Gasteiger partial charge in [-0.2, -0.15) is 0 Å². The maximum atomic E-state index is 12.5. The number of rotatable bonds is 16. The fourth-order valence-electron chi connectivity index (χ4n) is 2.80. The Balaban J connectivity index is 1.70. The number of ketones is 1. The molecule has 0 heterocycles. The van der Waals surface area contributed by atoms with E-state index in [4.69, 9.17) is 24.1 Å². The number of unbranched alkanes of at least 4 members (excludes halogenated alkanes) is 1. The maximum Gasteiger partial charge on any atom is 0.335 e. The summed E-state index contributed by atoms with van der Waals surface area (Å²) in [6.07, 6.45) is 4.54. The van der Waals surface area contributed by atoms with Crippen LogP contribution in [0.5, 0.6) is 11.5 Å². The van der Waals surface area contributed by atoms with Gasteiger partial charge in [0.2, 0.25) is 0 Å². The van der Waals surface area contributed by atoms with Crippen LogP contribution in [0.25, 0.3) is 6.08 Å². The lowest BCUT2D eigenvalue weighted by Crippen LogP contribution is -2.12. The van der Waals surface area contributed by atoms with E-state index in [9.17, 15) is 14.4 Å². The first-order valence-corrected chi connectivity index (χ1v) is 11.8. The molecule has 0 atom stereocenters. The summed E-state index contributed by atoms with van der Waals surface area (Å²) >= 11 is 0. The average Bonchev–Trinajstić information content (AvgIpc) is 2.91. The Morgan fingerprint density at radius 1 is 0.784 bits per heavy atom. The number of ether oxygens (including phenoxy) is 4. The third-order valence-electron chi connectivity index (χ3n) is 4.90. The molecule has 2 aromatic rings. The van der Waals surface area contributed by atoms with Crippen molar-refractivity contribution in [1.82, 2.24) is 0 Å². The highest BCUT2D eigenvalue weighted by Crippen LogP contribution is 2.16. The Labute approximate surface area is 216 Å². The second-order valence-electron chi connectivity index (χ2n) is 8.01. The molecule has 0 aliphatic rings. The number of esters is 2. The van der Waals surface area contributed by atoms with Crippen LogP contribution in [0.3, 0.4) is 0 Å². The highest BCUT2D eigenvalue weighted by molar-refractivity contribution is 6.06. The Bertz CT molecular complexity index is 1100. The van der Waals surface area contributed by atoms with Gasteiger partial charge in [0.1, 0.15) is 24.7 Å². The van der Waals surface area contributed by atoms with Gasteiger partial charge in [-0.1, -0.05) is 31.4 Å². The zero-order chi connectivity index (χ0) is 27.0. The number of allylic oxidation sites excluding steroid dienone is 1. The van der Waals surface area contributed by atoms with E-state index in [-0.39, 0.29) is 31.2 Å². The lowest BCUT2D eigenvalue weighted by Gasteiger charge is -2.08. The zero-order valence-electron chi connectivity index (χ0n) is 20.9. The number of aliphatic hydroxyl groups excluding tert-OH is 1. The van der Waals surface area contributed by atoms with Crippen molar-refractivity contribution in [3.8, 4) is 11.5 Å². The van der Waals surface area contributed by atoms with Gasteiger partial charge in [0.05, 0.1) is 25.4 Å². The number of aliphatic hydroxyl groups is 1. The van der Waals surface area contributed by atoms with Crippen molar-refractivity contribution >= 4 is 23.8 Å². The first-order chi connectivity index (χ1) is 17.8. The van der Waals surface area contributed by atoms with Gasteiger partial charge in [0.25, 0.3) is 0 Å². The molecule has 0 spiro atoms. The molecule has 0 bridgehead atoms. The molecular formula is C29H32O8. The molecule has 0 amide bonds. The third-order valence-corrected chi connectivity index (χ3v) is 4.90. The lowest BCUT2D eigenvalue weighted by atomic mass is 10.1. The number of carbonyl (C=O) groups excluding carboxylic acids is 3. The van der Waals surface area contributed by atoms with Crippen molar-refractivity contribution in [3.05, 3.63) is 90.0 Å². The summed E-state index contributed by atoms with van der Waals surface area (Å²) in [5.74, 6) is 0.0613. The summed E-state index contributed by atoms with van der Waals surface area (Å²) in [4.78, 5) is 35.1. The van der Waals surface area contributed by atoms with Crippen LogP contribution < -0.4 is 9.47 Å². The molecule has 2 rings (SSSR count). The predicted molar refractivity (Wildman–Crippen MR) is 139 cm³/mol. The molecule has 0 aromatic heterocycles. The number of benzene rings is 2. The minimum absolute atomic E-state index is 0.0343. The molecule has 1 N–H and O–H groups in total. The van der Waals surface area contributed by atoms with Crippen LogP contribution in [-0.2, 0) is 19.1 Å². The van der Waals surface area contributed by atoms with Crippen LogP contribution in [0.4, 0.5) is 0 Å². The van der Waals surface area contributed by atoms with E-state index < -0.39 is 18.5 Å². The van der Waals surface area contributed by atoms with E-state index >= 15 is 0 Å². The molecule has 0 saturated heterocycles. The third kappa shape index (κ3) is 11.0. The molecule has 8 nitrogen and oxygen atoms in total. The highest BCUT2D eigenvalue weighted by Gasteiger charge is 2.07. The van der Waals surface area contributed by atoms with Gasteiger partial charge in [-0.3, -0.25) is 4.79 Å². The van der Waals surface area contributed by atoms with Gasteiger partial charge in [-0.05, 0) is 67.8 Å². The van der Waals surface area contributed by atoms with E-state index in [2.05, 4.69) is 13.2 Å². The fourth-order valence-corrected chi connectivity index (χ4v) is 2.80. The fraction of sp³-hybridized carbons (Fsp3) is 0.276. The van der Waals surface area contributed by atoms with Crippen molar-refractivity contribution in [2.75, 3.05) is 33.0 Å². The molecule has 0 aliphatic heterocycles. The van der Waals surface area contributed by atoms with Crippen LogP contribution in [0, 0.1) is 0 Å². The van der Waals surface area contributed by atoms with E-state index in [1.54, 1.807) is 37.3 Å². The number of hydrogen-bond acceptors (Lipinski definition) is 8. The molecule has 0 fully saturated rings. The molecule has 0 unspecified atom stereocenters. The first kappa shape index (κ1) is 29.1. The molecular weight excluding hydrogens is 476 g/mol. The van der Waals surface area contributed by atoms with E-state index in [1.165, 1.54) is 6.08 Å². The quantitative estimate of drug-likeness (QED) is 0.154. The summed E-state index contributed by atoms with van der Waals surface area (Å²) in [5, 5.41) is 8.81. The van der Waals surface area contributed by atoms with Crippen LogP contribution in [0.1, 0.15) is 35.7 Å². The number of carbonyl (C=O) groups is 3. The maximum absolute atomic E-state index is 12.5. The van der Waals surface area contributed by atoms with Gasteiger partial charge in [-0.15, -0.1) is 0 Å². The van der Waals surface area contributed by atoms with Crippen molar-refractivity contribution < 1.29 is 38.4 Å². The largest absolute Gasteiger partial charge is 0.494 e. The normalized spacial score (nSPS) is 10.5. The van der Waals surface area contributed by atoms with E-state index in [1.807, 2.05) is 24.3 Å². The Morgan fingerprint density at radius 3 is 1.97 bits per heavy atom. The zero-order valence-corrected chi connectivity index (χ0v) is 20.9. The Hall–Kier alpha value is -4.17. The van der Waals surface area contributed by atoms with Crippen molar-refractivity contribution in [1.29, 1.82) is 0 Å². The topological polar surface area (TPSA) is 108 Å². The standard InChI is InChI=1S/C29H32O8/c1-21(2)28(32)37-19-18-35-26-13-9-24(10-14-26)27(31)15-8-23-6-11-25(12-7-23)34-16-4-5-17-36-29(33)22(3)20-30/h6-15,30H,1,3-5,16-20H2,2H3/b15-8+. The average molecular weight is 509 g/mol. The molecule has 37 heavy (non-hydrogen) atoms. The van der Waals surface area contributed by atoms with E-state index in [0.29, 0.717) is 42.1 Å². The predicted octanol–water partition coefficient (Wildman–Crippen LogP) is 4.33. The second kappa shape index (κ2) is 15.7. The minimum Gasteiger partial charge on any atom is -0.494 e. The van der Waals surface area contributed by atoms with E-state index in [0.717, 1.165) is 5.56 Å². The second-order valence-corrected chi connectivity index (χ2v) is 8.01. The number of hydrogen-bond donors (Lipinski definition) is 1. The molecule has 8 heteroatoms. The summed E-state index contributed by atoms with van der Waals surface area (Å²) in [7, 11) is 0. The molecule has 196 valence electrons. The SMILES string of the molecule is C=C(C)C(=O)OCCOc1ccc(C(=O)/C=C/c2ccc(OCCCCOC(=O)C(=C)CO)cc2)cc1. The lowest BCUT2D eigenvalue weighted by molar-refractivity contribution is -0.140. The first-order valence-electron chi connectivity index (χ1n) is 11.8. The smallest absolute Gasteiger partial charge is 0.335 e. The molecule has 2 aromatic carbocycles. The Kier molecular flexibility index (Phi) is 12.4. The van der Waals surface area contributed by atoms with Gasteiger partial charge in [0, 0.05) is 11.1 Å². The summed E-state index contributed by atoms with van der Waals surface area (Å²) in [6.45, 7) is 9.08. The van der Waals surface area contributed by atoms with Gasteiger partial charge >= 0.3 is 11.9 Å². The molecule has 0 saturated carbocycles. The van der Waals surface area contributed by atoms with Gasteiger partial charge in [-0.25, -0.2) is 9.59 Å². The summed E-state index contributed by atoms with van der Waals surface area (Å²) in [5.41, 5.74) is 1.73. The van der Waals surface area contributed by atoms with Crippen molar-refractivity contribution in [2.45, 2.75) is 19.8 Å².